The molecule has 0 rings (SSSR count). The van der Waals surface area contributed by atoms with Crippen molar-refractivity contribution in [1.82, 2.24) is 5.32 Å². The third-order valence-corrected chi connectivity index (χ3v) is 2.89. The lowest BCUT2D eigenvalue weighted by Gasteiger charge is -2.29. The van der Waals surface area contributed by atoms with Crippen LogP contribution in [0.2, 0.25) is 0 Å². The van der Waals surface area contributed by atoms with E-state index in [1.807, 2.05) is 0 Å². The predicted octanol–water partition coefficient (Wildman–Crippen LogP) is 2.67. The van der Waals surface area contributed by atoms with Gasteiger partial charge in [-0.2, -0.15) is 0 Å². The Morgan fingerprint density at radius 2 is 1.71 bits per heavy atom. The number of unbranched alkanes of at least 4 members (excludes halogenated alkanes) is 4. The second-order valence-corrected chi connectivity index (χ2v) is 4.46. The first-order valence-electron chi connectivity index (χ1n) is 6.13. The van der Waals surface area contributed by atoms with Crippen molar-refractivity contribution >= 4 is 0 Å². The third kappa shape index (κ3) is 6.39. The van der Waals surface area contributed by atoms with Gasteiger partial charge in [-0.25, -0.2) is 0 Å². The minimum absolute atomic E-state index is 0.168. The van der Waals surface area contributed by atoms with Gasteiger partial charge in [-0.1, -0.05) is 46.0 Å². The van der Waals surface area contributed by atoms with Crippen LogP contribution in [-0.2, 0) is 0 Å². The molecule has 0 fully saturated rings. The number of nitrogens with one attached hydrogen (secondary N) is 1. The largest absolute Gasteiger partial charge is 0.329 e. The van der Waals surface area contributed by atoms with Crippen molar-refractivity contribution in [3.63, 3.8) is 0 Å². The highest BCUT2D eigenvalue weighted by Crippen LogP contribution is 2.14. The maximum absolute atomic E-state index is 5.77. The second-order valence-electron chi connectivity index (χ2n) is 4.46. The first-order chi connectivity index (χ1) is 6.68. The molecule has 3 N–H and O–H groups in total. The Labute approximate surface area is 89.6 Å². The molecule has 2 heteroatoms. The molecule has 0 aliphatic rings. The van der Waals surface area contributed by atoms with Gasteiger partial charge < -0.3 is 11.1 Å². The zero-order valence-electron chi connectivity index (χ0n) is 10.2. The van der Waals surface area contributed by atoms with Crippen LogP contribution in [0.15, 0.2) is 0 Å². The molecule has 0 aromatic carbocycles. The van der Waals surface area contributed by atoms with E-state index in [9.17, 15) is 0 Å². The minimum Gasteiger partial charge on any atom is -0.329 e. The molecule has 86 valence electrons. The molecule has 14 heavy (non-hydrogen) atoms. The average molecular weight is 200 g/mol. The molecule has 0 aromatic rings. The number of likely N-dealkylation sites (N-methyl/N-ethyl adjacent to an activating group) is 1. The van der Waals surface area contributed by atoms with E-state index in [1.165, 1.54) is 38.5 Å². The van der Waals surface area contributed by atoms with E-state index >= 15 is 0 Å². The second kappa shape index (κ2) is 8.25. The van der Waals surface area contributed by atoms with Gasteiger partial charge >= 0.3 is 0 Å². The summed E-state index contributed by atoms with van der Waals surface area (Å²) in [4.78, 5) is 0. The molecule has 0 radical (unpaired) electrons. The summed E-state index contributed by atoms with van der Waals surface area (Å²) in [6.45, 7) is 8.39. The number of hydrogen-bond acceptors (Lipinski definition) is 2. The molecule has 0 saturated carbocycles. The third-order valence-electron chi connectivity index (χ3n) is 2.89. The summed E-state index contributed by atoms with van der Waals surface area (Å²) in [6, 6.07) is 0. The van der Waals surface area contributed by atoms with Crippen LogP contribution in [0.4, 0.5) is 0 Å². The summed E-state index contributed by atoms with van der Waals surface area (Å²) in [5.74, 6) is 0. The highest BCUT2D eigenvalue weighted by molar-refractivity contribution is 4.83. The van der Waals surface area contributed by atoms with Gasteiger partial charge in [0, 0.05) is 12.1 Å². The van der Waals surface area contributed by atoms with Crippen LogP contribution in [0.3, 0.4) is 0 Å². The maximum Gasteiger partial charge on any atom is 0.0275 e. The molecule has 0 aliphatic carbocycles. The predicted molar refractivity (Wildman–Crippen MR) is 64.5 cm³/mol. The van der Waals surface area contributed by atoms with Gasteiger partial charge in [-0.05, 0) is 19.9 Å². The molecular formula is C12H28N2. The van der Waals surface area contributed by atoms with Crippen LogP contribution >= 0.6 is 0 Å². The average Bonchev–Trinajstić information content (AvgIpc) is 2.18. The summed E-state index contributed by atoms with van der Waals surface area (Å²) in [5, 5.41) is 3.47. The van der Waals surface area contributed by atoms with Crippen molar-refractivity contribution in [3.8, 4) is 0 Å². The van der Waals surface area contributed by atoms with Crippen LogP contribution in [0.5, 0.6) is 0 Å². The van der Waals surface area contributed by atoms with E-state index in [2.05, 4.69) is 26.1 Å². The van der Waals surface area contributed by atoms with Crippen molar-refractivity contribution in [1.29, 1.82) is 0 Å². The Hall–Kier alpha value is -0.0800. The fourth-order valence-electron chi connectivity index (χ4n) is 1.81. The number of nitrogens with two attached hydrogens (primary N) is 1. The fraction of sp³-hybridized carbons (Fsp3) is 1.00. The zero-order chi connectivity index (χ0) is 10.9. The molecular weight excluding hydrogens is 172 g/mol. The molecule has 0 amide bonds. The number of rotatable bonds is 9. The van der Waals surface area contributed by atoms with Crippen LogP contribution in [0.1, 0.15) is 59.3 Å². The van der Waals surface area contributed by atoms with Crippen LogP contribution in [-0.4, -0.2) is 18.6 Å². The Morgan fingerprint density at radius 3 is 2.21 bits per heavy atom. The van der Waals surface area contributed by atoms with E-state index in [0.717, 1.165) is 13.1 Å². The van der Waals surface area contributed by atoms with E-state index in [1.54, 1.807) is 0 Å². The van der Waals surface area contributed by atoms with Crippen LogP contribution in [0, 0.1) is 0 Å². The lowest BCUT2D eigenvalue weighted by molar-refractivity contribution is 0.333. The van der Waals surface area contributed by atoms with Crippen LogP contribution in [0.25, 0.3) is 0 Å². The van der Waals surface area contributed by atoms with Gasteiger partial charge in [0.05, 0.1) is 0 Å². The van der Waals surface area contributed by atoms with Crippen molar-refractivity contribution in [3.05, 3.63) is 0 Å². The van der Waals surface area contributed by atoms with Crippen LogP contribution < -0.4 is 11.1 Å². The smallest absolute Gasteiger partial charge is 0.0275 e. The number of hydrogen-bond donors (Lipinski definition) is 2. The SMILES string of the molecule is CCCCCCCC(C)(CN)NCC. The molecule has 0 bridgehead atoms. The summed E-state index contributed by atoms with van der Waals surface area (Å²) in [6.07, 6.45) is 7.95. The molecule has 1 unspecified atom stereocenters. The van der Waals surface area contributed by atoms with Crippen molar-refractivity contribution in [2.75, 3.05) is 13.1 Å². The van der Waals surface area contributed by atoms with Gasteiger partial charge in [0.2, 0.25) is 0 Å². The maximum atomic E-state index is 5.77. The van der Waals surface area contributed by atoms with Gasteiger partial charge in [0.25, 0.3) is 0 Å². The van der Waals surface area contributed by atoms with Gasteiger partial charge in [0.1, 0.15) is 0 Å². The summed E-state index contributed by atoms with van der Waals surface area (Å²) in [5.41, 5.74) is 5.94. The molecule has 2 nitrogen and oxygen atoms in total. The minimum atomic E-state index is 0.168. The Kier molecular flexibility index (Phi) is 8.20. The van der Waals surface area contributed by atoms with E-state index in [0.29, 0.717) is 0 Å². The standard InChI is InChI=1S/C12H28N2/c1-4-6-7-8-9-10-12(3,11-13)14-5-2/h14H,4-11,13H2,1-3H3. The van der Waals surface area contributed by atoms with Crippen molar-refractivity contribution in [2.24, 2.45) is 5.73 Å². The van der Waals surface area contributed by atoms with Gasteiger partial charge in [0.15, 0.2) is 0 Å². The zero-order valence-corrected chi connectivity index (χ0v) is 10.2. The monoisotopic (exact) mass is 200 g/mol. The lowest BCUT2D eigenvalue weighted by atomic mass is 9.94. The Morgan fingerprint density at radius 1 is 1.07 bits per heavy atom. The topological polar surface area (TPSA) is 38.0 Å². The first kappa shape index (κ1) is 13.9. The fourth-order valence-corrected chi connectivity index (χ4v) is 1.81. The first-order valence-corrected chi connectivity index (χ1v) is 6.13. The van der Waals surface area contributed by atoms with Crippen molar-refractivity contribution < 1.29 is 0 Å². The van der Waals surface area contributed by atoms with E-state index < -0.39 is 0 Å². The summed E-state index contributed by atoms with van der Waals surface area (Å²) >= 11 is 0. The molecule has 1 atom stereocenters. The van der Waals surface area contributed by atoms with E-state index in [4.69, 9.17) is 5.73 Å². The molecule has 0 heterocycles. The Bertz CT molecular complexity index is 125. The van der Waals surface area contributed by atoms with Crippen molar-refractivity contribution in [2.45, 2.75) is 64.8 Å². The summed E-state index contributed by atoms with van der Waals surface area (Å²) in [7, 11) is 0. The Balaban J connectivity index is 3.51. The van der Waals surface area contributed by atoms with Gasteiger partial charge in [-0.15, -0.1) is 0 Å². The molecule has 0 saturated heterocycles. The highest BCUT2D eigenvalue weighted by atomic mass is 15.0. The molecule has 0 spiro atoms. The van der Waals surface area contributed by atoms with Gasteiger partial charge in [-0.3, -0.25) is 0 Å². The highest BCUT2D eigenvalue weighted by Gasteiger charge is 2.19. The summed E-state index contributed by atoms with van der Waals surface area (Å²) < 4.78 is 0. The molecule has 0 aliphatic heterocycles. The van der Waals surface area contributed by atoms with E-state index in [-0.39, 0.29) is 5.54 Å². The lowest BCUT2D eigenvalue weighted by Crippen LogP contribution is -2.48. The quantitative estimate of drug-likeness (QED) is 0.562. The molecule has 0 aromatic heterocycles. The normalized spacial score (nSPS) is 15.4.